The molecule has 0 aromatic rings. The molecule has 0 radical (unpaired) electrons. The standard InChI is InChI=1S/C40H66O16/c1-17(22-8-9-23-21-7-6-19-14-20(42)10-12-39(19,3)24(21)11-13-40(22,23)4)52-38-35(34(50-5)27(43)18(2)53-38)56-37-33(49)31(47)29(45)26(55-37)16-51-36-32(48)30(46)28(44)25(15-41)54-36/h6,17-18,20-38,41-49H,7-16H2,1-5H3/t17-,18-,20+,21+,22-,23+,24+,25-,26-,27+,28-,29-,30+,31+,32-,33-,34+,35-,36-,37+,38-,39+,40-/m1/s1. The van der Waals surface area contributed by atoms with Gasteiger partial charge in [0.1, 0.15) is 67.1 Å². The SMILES string of the molecule is CO[C@H]1[C@@H](O)[C@@H](C)O[C@@H](O[C@H](C)[C@H]2CC[C@H]3[C@@H]4CC=C5C[C@@H](O)CC[C@]5(C)[C@H]4CC[C@]23C)[C@@H]1O[C@@H]1O[C@H](CO[C@@H]2O[C@H](CO)[C@@H](O)[C@H](O)[C@H]2O)[C@@H](O)[C@H](O)[C@H]1O. The lowest BCUT2D eigenvalue weighted by Gasteiger charge is -2.58. The average molecular weight is 803 g/mol. The fourth-order valence-electron chi connectivity index (χ4n) is 12.0. The minimum absolute atomic E-state index is 0.0182. The van der Waals surface area contributed by atoms with Crippen LogP contribution in [0.4, 0.5) is 0 Å². The van der Waals surface area contributed by atoms with Crippen LogP contribution in [0.25, 0.3) is 0 Å². The van der Waals surface area contributed by atoms with E-state index in [1.165, 1.54) is 12.7 Å². The molecule has 0 bridgehead atoms. The van der Waals surface area contributed by atoms with E-state index < -0.39 is 105 Å². The van der Waals surface area contributed by atoms with E-state index in [2.05, 4.69) is 19.9 Å². The summed E-state index contributed by atoms with van der Waals surface area (Å²) in [5.74, 6) is 1.87. The van der Waals surface area contributed by atoms with Crippen LogP contribution >= 0.6 is 0 Å². The molecule has 0 spiro atoms. The molecular formula is C40H66O16. The summed E-state index contributed by atoms with van der Waals surface area (Å²) in [7, 11) is 1.41. The third-order valence-electron chi connectivity index (χ3n) is 15.3. The number of ether oxygens (including phenoxy) is 7. The zero-order valence-corrected chi connectivity index (χ0v) is 33.2. The molecule has 3 heterocycles. The maximum absolute atomic E-state index is 11.2. The highest BCUT2D eigenvalue weighted by atomic mass is 16.8. The number of allylic oxidation sites excluding steroid dienone is 1. The van der Waals surface area contributed by atoms with E-state index in [4.69, 9.17) is 33.2 Å². The Morgan fingerprint density at radius 2 is 1.43 bits per heavy atom. The second-order valence-corrected chi connectivity index (χ2v) is 18.3. The van der Waals surface area contributed by atoms with Crippen LogP contribution < -0.4 is 0 Å². The summed E-state index contributed by atoms with van der Waals surface area (Å²) in [6.07, 6.45) is -11.2. The van der Waals surface area contributed by atoms with Gasteiger partial charge in [0, 0.05) is 7.11 Å². The van der Waals surface area contributed by atoms with Gasteiger partial charge in [0.25, 0.3) is 0 Å². The molecule has 4 aliphatic carbocycles. The zero-order valence-electron chi connectivity index (χ0n) is 33.2. The molecule has 56 heavy (non-hydrogen) atoms. The van der Waals surface area contributed by atoms with Gasteiger partial charge in [0.15, 0.2) is 18.9 Å². The third-order valence-corrected chi connectivity index (χ3v) is 15.3. The highest BCUT2D eigenvalue weighted by Crippen LogP contribution is 2.67. The number of fused-ring (bicyclic) bond motifs is 5. The van der Waals surface area contributed by atoms with Gasteiger partial charge in [-0.05, 0) is 99.7 Å². The van der Waals surface area contributed by atoms with Crippen LogP contribution in [-0.4, -0.2) is 171 Å². The molecule has 16 heteroatoms. The predicted octanol–water partition coefficient (Wildman–Crippen LogP) is -0.539. The summed E-state index contributed by atoms with van der Waals surface area (Å²) in [6, 6.07) is 0. The van der Waals surface area contributed by atoms with Crippen molar-refractivity contribution in [1.29, 1.82) is 0 Å². The number of rotatable bonds is 10. The first-order chi connectivity index (χ1) is 26.5. The maximum Gasteiger partial charge on any atom is 0.187 e. The molecule has 3 aliphatic heterocycles. The molecule has 23 atom stereocenters. The van der Waals surface area contributed by atoms with E-state index in [-0.39, 0.29) is 29.0 Å². The molecule has 0 unspecified atom stereocenters. The summed E-state index contributed by atoms with van der Waals surface area (Å²) in [4.78, 5) is 0. The van der Waals surface area contributed by atoms with Crippen molar-refractivity contribution in [1.82, 2.24) is 0 Å². The maximum atomic E-state index is 11.2. The number of aliphatic hydroxyl groups is 9. The van der Waals surface area contributed by atoms with Crippen molar-refractivity contribution in [3.63, 3.8) is 0 Å². The van der Waals surface area contributed by atoms with Crippen molar-refractivity contribution in [3.05, 3.63) is 11.6 Å². The second-order valence-electron chi connectivity index (χ2n) is 18.3. The molecule has 6 fully saturated rings. The monoisotopic (exact) mass is 802 g/mol. The van der Waals surface area contributed by atoms with Gasteiger partial charge in [0.05, 0.1) is 31.5 Å². The molecule has 0 aromatic carbocycles. The fourth-order valence-corrected chi connectivity index (χ4v) is 12.0. The van der Waals surface area contributed by atoms with Gasteiger partial charge >= 0.3 is 0 Å². The normalized spacial score (nSPS) is 54.1. The number of hydrogen-bond donors (Lipinski definition) is 9. The molecule has 0 aromatic heterocycles. The molecule has 7 aliphatic rings. The van der Waals surface area contributed by atoms with Gasteiger partial charge in [-0.25, -0.2) is 0 Å². The van der Waals surface area contributed by atoms with Gasteiger partial charge in [0.2, 0.25) is 0 Å². The molecule has 16 nitrogen and oxygen atoms in total. The Kier molecular flexibility index (Phi) is 13.0. The van der Waals surface area contributed by atoms with Crippen molar-refractivity contribution in [2.24, 2.45) is 34.5 Å². The zero-order chi connectivity index (χ0) is 40.4. The lowest BCUT2D eigenvalue weighted by atomic mass is 9.47. The van der Waals surface area contributed by atoms with Crippen LogP contribution in [0.3, 0.4) is 0 Å². The summed E-state index contributed by atoms with van der Waals surface area (Å²) in [5.41, 5.74) is 1.60. The average Bonchev–Trinajstić information content (AvgIpc) is 3.54. The van der Waals surface area contributed by atoms with Crippen molar-refractivity contribution in [3.8, 4) is 0 Å². The van der Waals surface area contributed by atoms with Crippen LogP contribution in [-0.2, 0) is 33.2 Å². The molecule has 0 amide bonds. The smallest absolute Gasteiger partial charge is 0.187 e. The Morgan fingerprint density at radius 1 is 0.750 bits per heavy atom. The first-order valence-electron chi connectivity index (χ1n) is 20.7. The Labute approximate surface area is 328 Å². The predicted molar refractivity (Wildman–Crippen MR) is 194 cm³/mol. The highest BCUT2D eigenvalue weighted by molar-refractivity contribution is 5.25. The molecular weight excluding hydrogens is 736 g/mol. The van der Waals surface area contributed by atoms with Crippen molar-refractivity contribution in [2.45, 2.75) is 183 Å². The molecule has 9 N–H and O–H groups in total. The molecule has 3 saturated carbocycles. The summed E-state index contributed by atoms with van der Waals surface area (Å²) >= 11 is 0. The van der Waals surface area contributed by atoms with Gasteiger partial charge in [-0.1, -0.05) is 25.5 Å². The van der Waals surface area contributed by atoms with E-state index in [0.717, 1.165) is 51.4 Å². The fraction of sp³-hybridized carbons (Fsp3) is 0.950. The van der Waals surface area contributed by atoms with Crippen LogP contribution in [0.1, 0.15) is 79.1 Å². The largest absolute Gasteiger partial charge is 0.394 e. The Bertz CT molecular complexity index is 1370. The lowest BCUT2D eigenvalue weighted by Crippen LogP contribution is -2.65. The topological polar surface area (TPSA) is 247 Å². The van der Waals surface area contributed by atoms with Gasteiger partial charge in [-0.2, -0.15) is 0 Å². The van der Waals surface area contributed by atoms with E-state index in [1.807, 2.05) is 6.92 Å². The quantitative estimate of drug-likeness (QED) is 0.126. The molecule has 3 saturated heterocycles. The van der Waals surface area contributed by atoms with E-state index >= 15 is 0 Å². The molecule has 7 rings (SSSR count). The number of methoxy groups -OCH3 is 1. The molecule has 322 valence electrons. The Balaban J connectivity index is 1.04. The Hall–Kier alpha value is -0.900. The first-order valence-corrected chi connectivity index (χ1v) is 20.7. The van der Waals surface area contributed by atoms with Crippen LogP contribution in [0.15, 0.2) is 11.6 Å². The minimum Gasteiger partial charge on any atom is -0.394 e. The minimum atomic E-state index is -1.78. The lowest BCUT2D eigenvalue weighted by molar-refractivity contribution is -0.376. The van der Waals surface area contributed by atoms with E-state index in [0.29, 0.717) is 17.8 Å². The number of aliphatic hydroxyl groups excluding tert-OH is 9. The van der Waals surface area contributed by atoms with Crippen molar-refractivity contribution >= 4 is 0 Å². The van der Waals surface area contributed by atoms with Gasteiger partial charge in [-0.15, -0.1) is 0 Å². The van der Waals surface area contributed by atoms with Crippen LogP contribution in [0.5, 0.6) is 0 Å². The summed E-state index contributed by atoms with van der Waals surface area (Å²) in [5, 5.41) is 94.6. The van der Waals surface area contributed by atoms with Gasteiger partial charge in [-0.3, -0.25) is 0 Å². The highest BCUT2D eigenvalue weighted by Gasteiger charge is 2.60. The summed E-state index contributed by atoms with van der Waals surface area (Å²) in [6.45, 7) is 7.38. The second kappa shape index (κ2) is 16.9. The van der Waals surface area contributed by atoms with Crippen LogP contribution in [0, 0.1) is 34.5 Å². The van der Waals surface area contributed by atoms with Crippen molar-refractivity contribution in [2.75, 3.05) is 20.3 Å². The van der Waals surface area contributed by atoms with Gasteiger partial charge < -0.3 is 79.1 Å². The van der Waals surface area contributed by atoms with Crippen LogP contribution in [0.2, 0.25) is 0 Å². The summed E-state index contributed by atoms with van der Waals surface area (Å²) < 4.78 is 42.0. The van der Waals surface area contributed by atoms with E-state index in [9.17, 15) is 46.0 Å². The first kappa shape index (κ1) is 43.2. The van der Waals surface area contributed by atoms with Crippen molar-refractivity contribution < 1.29 is 79.1 Å². The Morgan fingerprint density at radius 3 is 2.12 bits per heavy atom. The number of hydrogen-bond acceptors (Lipinski definition) is 16. The van der Waals surface area contributed by atoms with E-state index in [1.54, 1.807) is 6.92 Å². The third kappa shape index (κ3) is 7.56.